The number of carbonyl (C=O) groups is 1. The molecular formula is C24H28F3NO4S. The van der Waals surface area contributed by atoms with Gasteiger partial charge in [-0.2, -0.15) is 13.2 Å². The van der Waals surface area contributed by atoms with Crippen LogP contribution in [-0.2, 0) is 31.4 Å². The van der Waals surface area contributed by atoms with Crippen molar-refractivity contribution < 1.29 is 31.1 Å². The van der Waals surface area contributed by atoms with E-state index in [-0.39, 0.29) is 34.5 Å². The zero-order valence-corrected chi connectivity index (χ0v) is 19.6. The summed E-state index contributed by atoms with van der Waals surface area (Å²) in [6, 6.07) is 11.6. The van der Waals surface area contributed by atoms with Gasteiger partial charge in [0.2, 0.25) is 5.91 Å². The first-order chi connectivity index (χ1) is 15.3. The Morgan fingerprint density at radius 2 is 1.64 bits per heavy atom. The highest BCUT2D eigenvalue weighted by Crippen LogP contribution is 2.43. The van der Waals surface area contributed by atoms with Crippen molar-refractivity contribution >= 4 is 21.4 Å². The van der Waals surface area contributed by atoms with Crippen LogP contribution in [0.5, 0.6) is 0 Å². The zero-order chi connectivity index (χ0) is 24.4. The minimum Gasteiger partial charge on any atom is -0.358 e. The molecule has 1 fully saturated rings. The molecule has 2 aromatic rings. The van der Waals surface area contributed by atoms with Crippen LogP contribution < -0.4 is 5.32 Å². The molecule has 1 saturated carbocycles. The normalized spacial score (nSPS) is 16.5. The van der Waals surface area contributed by atoms with Crippen molar-refractivity contribution in [1.82, 2.24) is 0 Å². The number of anilines is 1. The molecule has 0 aromatic heterocycles. The highest BCUT2D eigenvalue weighted by Gasteiger charge is 2.54. The maximum atomic E-state index is 13.6. The molecule has 180 valence electrons. The molecule has 1 aliphatic carbocycles. The van der Waals surface area contributed by atoms with Gasteiger partial charge in [0.25, 0.3) is 0 Å². The number of alkyl halides is 3. The van der Waals surface area contributed by atoms with E-state index >= 15 is 0 Å². The van der Waals surface area contributed by atoms with Crippen LogP contribution in [0.4, 0.5) is 18.9 Å². The van der Waals surface area contributed by atoms with Crippen LogP contribution in [0.3, 0.4) is 0 Å². The predicted octanol–water partition coefficient (Wildman–Crippen LogP) is 5.25. The maximum absolute atomic E-state index is 13.6. The van der Waals surface area contributed by atoms with E-state index in [0.29, 0.717) is 11.3 Å². The molecule has 0 aliphatic heterocycles. The van der Waals surface area contributed by atoms with E-state index in [1.54, 1.807) is 12.1 Å². The monoisotopic (exact) mass is 483 g/mol. The van der Waals surface area contributed by atoms with Crippen LogP contribution in [0, 0.1) is 5.92 Å². The first-order valence-electron chi connectivity index (χ1n) is 10.8. The fourth-order valence-corrected chi connectivity index (χ4v) is 5.23. The molecule has 1 aliphatic rings. The summed E-state index contributed by atoms with van der Waals surface area (Å²) >= 11 is 0. The summed E-state index contributed by atoms with van der Waals surface area (Å²) in [5.74, 6) is 0.0319. The molecule has 0 heterocycles. The van der Waals surface area contributed by atoms with Gasteiger partial charge in [-0.1, -0.05) is 24.3 Å². The van der Waals surface area contributed by atoms with E-state index in [9.17, 15) is 26.4 Å². The quantitative estimate of drug-likeness (QED) is 0.529. The Morgan fingerprint density at radius 1 is 1.06 bits per heavy atom. The second-order valence-corrected chi connectivity index (χ2v) is 10.9. The molecular weight excluding hydrogens is 455 g/mol. The summed E-state index contributed by atoms with van der Waals surface area (Å²) in [4.78, 5) is 12.6. The highest BCUT2D eigenvalue weighted by molar-refractivity contribution is 7.91. The van der Waals surface area contributed by atoms with Crippen LogP contribution in [-0.4, -0.2) is 32.4 Å². The van der Waals surface area contributed by atoms with Gasteiger partial charge in [0.05, 0.1) is 23.2 Å². The third-order valence-electron chi connectivity index (χ3n) is 5.53. The van der Waals surface area contributed by atoms with Crippen molar-refractivity contribution in [3.63, 3.8) is 0 Å². The van der Waals surface area contributed by atoms with Gasteiger partial charge in [0.15, 0.2) is 15.4 Å². The first-order valence-corrected chi connectivity index (χ1v) is 12.4. The van der Waals surface area contributed by atoms with Gasteiger partial charge in [0, 0.05) is 5.69 Å². The highest BCUT2D eigenvalue weighted by atomic mass is 32.2. The lowest BCUT2D eigenvalue weighted by molar-refractivity contribution is -0.287. The number of ether oxygens (including phenoxy) is 1. The molecule has 3 rings (SSSR count). The zero-order valence-electron chi connectivity index (χ0n) is 18.8. The summed E-state index contributed by atoms with van der Waals surface area (Å²) in [5, 5.41) is 2.65. The van der Waals surface area contributed by atoms with Crippen molar-refractivity contribution in [3.8, 4) is 0 Å². The number of carbonyl (C=O) groups excluding carboxylic acids is 1. The molecule has 1 amide bonds. The van der Waals surface area contributed by atoms with Crippen LogP contribution in [0.15, 0.2) is 53.4 Å². The molecule has 0 saturated heterocycles. The average Bonchev–Trinajstić information content (AvgIpc) is 3.50. The van der Waals surface area contributed by atoms with Gasteiger partial charge in [-0.3, -0.25) is 4.79 Å². The predicted molar refractivity (Wildman–Crippen MR) is 120 cm³/mol. The molecule has 0 radical (unpaired) electrons. The van der Waals surface area contributed by atoms with Gasteiger partial charge in [-0.25, -0.2) is 8.42 Å². The van der Waals surface area contributed by atoms with Crippen molar-refractivity contribution in [2.24, 2.45) is 5.92 Å². The molecule has 5 nitrogen and oxygen atoms in total. The molecule has 1 unspecified atom stereocenters. The van der Waals surface area contributed by atoms with Gasteiger partial charge in [-0.15, -0.1) is 0 Å². The van der Waals surface area contributed by atoms with E-state index in [2.05, 4.69) is 5.32 Å². The molecule has 33 heavy (non-hydrogen) atoms. The maximum Gasteiger partial charge on any atom is 0.421 e. The van der Waals surface area contributed by atoms with Crippen molar-refractivity contribution in [1.29, 1.82) is 0 Å². The van der Waals surface area contributed by atoms with E-state index < -0.39 is 27.7 Å². The number of halogens is 3. The van der Waals surface area contributed by atoms with Crippen LogP contribution in [0.1, 0.15) is 44.7 Å². The lowest BCUT2D eigenvalue weighted by Gasteiger charge is -2.34. The number of hydrogen-bond donors (Lipinski definition) is 1. The molecule has 1 N–H and O–H groups in total. The van der Waals surface area contributed by atoms with Crippen molar-refractivity contribution in [2.45, 2.75) is 62.8 Å². The van der Waals surface area contributed by atoms with Crippen LogP contribution in [0.25, 0.3) is 0 Å². The Balaban J connectivity index is 1.63. The van der Waals surface area contributed by atoms with Crippen molar-refractivity contribution in [3.05, 3.63) is 59.7 Å². The third kappa shape index (κ3) is 6.35. The lowest BCUT2D eigenvalue weighted by atomic mass is 9.94. The summed E-state index contributed by atoms with van der Waals surface area (Å²) < 4.78 is 70.7. The Labute approximate surface area is 192 Å². The number of amides is 1. The number of nitrogens with one attached hydrogen (secondary N) is 1. The van der Waals surface area contributed by atoms with Gasteiger partial charge in [0.1, 0.15) is 0 Å². The second-order valence-electron chi connectivity index (χ2n) is 8.87. The molecule has 1 atom stereocenters. The van der Waals surface area contributed by atoms with E-state index in [4.69, 9.17) is 4.74 Å². The van der Waals surface area contributed by atoms with Gasteiger partial charge >= 0.3 is 6.18 Å². The number of benzene rings is 2. The smallest absolute Gasteiger partial charge is 0.358 e. The lowest BCUT2D eigenvalue weighted by Crippen LogP contribution is -2.43. The number of hydrogen-bond acceptors (Lipinski definition) is 4. The summed E-state index contributed by atoms with van der Waals surface area (Å²) in [6.45, 7) is 4.05. The Hall–Kier alpha value is -2.39. The summed E-state index contributed by atoms with van der Waals surface area (Å²) in [5.41, 5.74) is -1.55. The second kappa shape index (κ2) is 9.46. The molecule has 0 bridgehead atoms. The SMILES string of the molecule is CC(C)OC(C)(c1ccc(NC(=O)Cc2ccc(S(=O)(=O)CC3CC3)cc2)cc1)C(F)(F)F. The van der Waals surface area contributed by atoms with Crippen molar-refractivity contribution in [2.75, 3.05) is 11.1 Å². The Bertz CT molecular complexity index is 1080. The van der Waals surface area contributed by atoms with Gasteiger partial charge < -0.3 is 10.1 Å². The molecule has 9 heteroatoms. The van der Waals surface area contributed by atoms with E-state index in [1.807, 2.05) is 0 Å². The largest absolute Gasteiger partial charge is 0.421 e. The Morgan fingerprint density at radius 3 is 2.12 bits per heavy atom. The third-order valence-corrected chi connectivity index (χ3v) is 7.43. The topological polar surface area (TPSA) is 72.5 Å². The minimum atomic E-state index is -4.61. The summed E-state index contributed by atoms with van der Waals surface area (Å²) in [6.07, 6.45) is -3.36. The number of sulfone groups is 1. The Kier molecular flexibility index (Phi) is 7.24. The fraction of sp³-hybridized carbons (Fsp3) is 0.458. The fourth-order valence-electron chi connectivity index (χ4n) is 3.54. The first kappa shape index (κ1) is 25.2. The number of rotatable bonds is 9. The summed E-state index contributed by atoms with van der Waals surface area (Å²) in [7, 11) is -3.32. The minimum absolute atomic E-state index is 0.00142. The average molecular weight is 484 g/mol. The van der Waals surface area contributed by atoms with Crippen LogP contribution in [0.2, 0.25) is 0 Å². The standard InChI is InChI=1S/C24H28F3NO4S/c1-16(2)32-23(3,24(25,26)27)19-8-10-20(11-9-19)28-22(29)14-17-6-12-21(13-7-17)33(30,31)15-18-4-5-18/h6-13,16,18H,4-5,14-15H2,1-3H3,(H,28,29). The van der Waals surface area contributed by atoms with Crippen LogP contribution >= 0.6 is 0 Å². The molecule has 2 aromatic carbocycles. The van der Waals surface area contributed by atoms with E-state index in [1.165, 1.54) is 50.2 Å². The van der Waals surface area contributed by atoms with E-state index in [0.717, 1.165) is 19.8 Å². The molecule has 0 spiro atoms. The van der Waals surface area contributed by atoms with Gasteiger partial charge in [-0.05, 0) is 74.9 Å².